The Labute approximate surface area is 178 Å². The Kier molecular flexibility index (Phi) is 6.01. The van der Waals surface area contributed by atoms with Gasteiger partial charge in [0.05, 0.1) is 16.6 Å². The van der Waals surface area contributed by atoms with Crippen LogP contribution in [0.4, 0.5) is 11.4 Å². The van der Waals surface area contributed by atoms with Crippen LogP contribution >= 0.6 is 11.8 Å². The number of thioether (sulfide) groups is 1. The Morgan fingerprint density at radius 3 is 2.33 bits per heavy atom. The predicted octanol–water partition coefficient (Wildman–Crippen LogP) is 4.59. The van der Waals surface area contributed by atoms with Crippen molar-refractivity contribution in [3.05, 3.63) is 108 Å². The summed E-state index contributed by atoms with van der Waals surface area (Å²) in [4.78, 5) is 25.5. The molecule has 2 heterocycles. The number of benzene rings is 2. The number of hydrogen-bond donors (Lipinski definition) is 2. The quantitative estimate of drug-likeness (QED) is 0.273. The number of aromatic nitrogens is 3. The van der Waals surface area contributed by atoms with E-state index in [1.165, 1.54) is 11.8 Å². The maximum atomic E-state index is 12.6. The second-order valence-electron chi connectivity index (χ2n) is 6.48. The van der Waals surface area contributed by atoms with Crippen LogP contribution in [0, 0.1) is 0 Å². The highest BCUT2D eigenvalue weighted by atomic mass is 32.2. The van der Waals surface area contributed by atoms with E-state index in [0.717, 1.165) is 11.1 Å². The molecule has 30 heavy (non-hydrogen) atoms. The Morgan fingerprint density at radius 2 is 1.63 bits per heavy atom. The number of hydrogen-bond acceptors (Lipinski definition) is 6. The molecule has 4 aromatic rings. The first-order valence-corrected chi connectivity index (χ1v) is 10.2. The number of para-hydroxylation sites is 2. The maximum absolute atomic E-state index is 12.6. The molecular weight excluding hydrogens is 394 g/mol. The summed E-state index contributed by atoms with van der Waals surface area (Å²) in [6, 6.07) is 20.4. The van der Waals surface area contributed by atoms with E-state index in [1.54, 1.807) is 48.9 Å². The van der Waals surface area contributed by atoms with E-state index in [0.29, 0.717) is 22.1 Å². The highest BCUT2D eigenvalue weighted by Crippen LogP contribution is 2.38. The number of rotatable bonds is 6. The molecule has 0 saturated heterocycles. The summed E-state index contributed by atoms with van der Waals surface area (Å²) in [5.41, 5.74) is 9.64. The van der Waals surface area contributed by atoms with Gasteiger partial charge in [0, 0.05) is 30.4 Å². The van der Waals surface area contributed by atoms with Crippen molar-refractivity contribution >= 4 is 29.0 Å². The van der Waals surface area contributed by atoms with E-state index < -0.39 is 0 Å². The van der Waals surface area contributed by atoms with Gasteiger partial charge in [-0.05, 0) is 47.5 Å². The van der Waals surface area contributed by atoms with Gasteiger partial charge in [-0.3, -0.25) is 9.78 Å². The fourth-order valence-corrected chi connectivity index (χ4v) is 3.95. The monoisotopic (exact) mass is 413 g/mol. The smallest absolute Gasteiger partial charge is 0.255 e. The molecule has 1 atom stereocenters. The molecule has 2 aromatic carbocycles. The van der Waals surface area contributed by atoms with Crippen molar-refractivity contribution in [3.8, 4) is 0 Å². The van der Waals surface area contributed by atoms with Crippen molar-refractivity contribution in [1.29, 1.82) is 0 Å². The number of nitrogen functional groups attached to an aromatic ring is 1. The molecule has 0 fully saturated rings. The predicted molar refractivity (Wildman–Crippen MR) is 119 cm³/mol. The average molecular weight is 414 g/mol. The van der Waals surface area contributed by atoms with Gasteiger partial charge in [0.25, 0.3) is 5.91 Å². The number of amides is 1. The third kappa shape index (κ3) is 4.64. The van der Waals surface area contributed by atoms with Crippen LogP contribution in [-0.2, 0) is 0 Å². The van der Waals surface area contributed by atoms with Crippen LogP contribution in [0.1, 0.15) is 26.7 Å². The molecule has 4 rings (SSSR count). The lowest BCUT2D eigenvalue weighted by atomic mass is 10.0. The summed E-state index contributed by atoms with van der Waals surface area (Å²) >= 11 is 1.53. The van der Waals surface area contributed by atoms with Crippen molar-refractivity contribution in [2.75, 3.05) is 11.1 Å². The fraction of sp³-hybridized carbons (Fsp3) is 0.0435. The van der Waals surface area contributed by atoms with Gasteiger partial charge in [-0.25, -0.2) is 9.97 Å². The van der Waals surface area contributed by atoms with Crippen LogP contribution in [0.15, 0.2) is 96.7 Å². The first kappa shape index (κ1) is 19.6. The topological polar surface area (TPSA) is 93.8 Å². The van der Waals surface area contributed by atoms with Gasteiger partial charge in [0.1, 0.15) is 0 Å². The molecule has 3 N–H and O–H groups in total. The van der Waals surface area contributed by atoms with E-state index in [9.17, 15) is 4.79 Å². The first-order valence-electron chi connectivity index (χ1n) is 9.30. The van der Waals surface area contributed by atoms with Gasteiger partial charge >= 0.3 is 0 Å². The zero-order valence-corrected chi connectivity index (χ0v) is 16.8. The molecule has 0 bridgehead atoms. The summed E-state index contributed by atoms with van der Waals surface area (Å²) < 4.78 is 0. The zero-order valence-electron chi connectivity index (χ0n) is 16.0. The fourth-order valence-electron chi connectivity index (χ4n) is 2.93. The molecule has 1 amide bonds. The van der Waals surface area contributed by atoms with Crippen LogP contribution in [-0.4, -0.2) is 20.9 Å². The average Bonchev–Trinajstić information content (AvgIpc) is 2.80. The lowest BCUT2D eigenvalue weighted by Crippen LogP contribution is -2.13. The number of nitrogens with one attached hydrogen (secondary N) is 1. The van der Waals surface area contributed by atoms with E-state index >= 15 is 0 Å². The SMILES string of the molecule is Nc1ccccc1NC(=O)c1ccc(C(Sc2ncccn2)c2cccnc2)cc1. The van der Waals surface area contributed by atoms with Crippen molar-refractivity contribution in [1.82, 2.24) is 15.0 Å². The summed E-state index contributed by atoms with van der Waals surface area (Å²) in [7, 11) is 0. The number of pyridine rings is 1. The van der Waals surface area contributed by atoms with Gasteiger partial charge in [0.2, 0.25) is 0 Å². The van der Waals surface area contributed by atoms with Gasteiger partial charge in [-0.1, -0.05) is 42.1 Å². The van der Waals surface area contributed by atoms with Crippen LogP contribution in [0.25, 0.3) is 0 Å². The second kappa shape index (κ2) is 9.19. The van der Waals surface area contributed by atoms with Gasteiger partial charge < -0.3 is 11.1 Å². The lowest BCUT2D eigenvalue weighted by molar-refractivity contribution is 0.102. The molecule has 0 spiro atoms. The van der Waals surface area contributed by atoms with Gasteiger partial charge in [0.15, 0.2) is 5.16 Å². The van der Waals surface area contributed by atoms with Gasteiger partial charge in [-0.15, -0.1) is 0 Å². The number of nitrogens with two attached hydrogens (primary N) is 1. The number of nitrogens with zero attached hydrogens (tertiary/aromatic N) is 3. The summed E-state index contributed by atoms with van der Waals surface area (Å²) in [6.45, 7) is 0. The first-order chi connectivity index (χ1) is 14.7. The van der Waals surface area contributed by atoms with E-state index in [1.807, 2.05) is 42.6 Å². The van der Waals surface area contributed by atoms with E-state index in [4.69, 9.17) is 5.73 Å². The molecular formula is C23H19N5OS. The number of carbonyl (C=O) groups is 1. The normalized spacial score (nSPS) is 11.6. The number of carbonyl (C=O) groups excluding carboxylic acids is 1. The Morgan fingerprint density at radius 1 is 0.867 bits per heavy atom. The molecule has 2 aromatic heterocycles. The van der Waals surface area contributed by atoms with Gasteiger partial charge in [-0.2, -0.15) is 0 Å². The molecule has 7 heteroatoms. The van der Waals surface area contributed by atoms with E-state index in [-0.39, 0.29) is 11.2 Å². The maximum Gasteiger partial charge on any atom is 0.255 e. The van der Waals surface area contributed by atoms with Crippen LogP contribution in [0.5, 0.6) is 0 Å². The standard InChI is InChI=1S/C23H19N5OS/c24-19-6-1-2-7-20(19)28-22(29)17-10-8-16(9-11-17)21(18-5-3-12-25-15-18)30-23-26-13-4-14-27-23/h1-15,21H,24H2,(H,28,29). The molecule has 0 aliphatic heterocycles. The lowest BCUT2D eigenvalue weighted by Gasteiger charge is -2.17. The van der Waals surface area contributed by atoms with E-state index in [2.05, 4.69) is 20.3 Å². The molecule has 148 valence electrons. The highest BCUT2D eigenvalue weighted by molar-refractivity contribution is 7.99. The Bertz CT molecular complexity index is 1120. The molecule has 0 saturated carbocycles. The molecule has 0 radical (unpaired) electrons. The molecule has 1 unspecified atom stereocenters. The van der Waals surface area contributed by atoms with Crippen molar-refractivity contribution in [3.63, 3.8) is 0 Å². The second-order valence-corrected chi connectivity index (χ2v) is 7.55. The largest absolute Gasteiger partial charge is 0.397 e. The summed E-state index contributed by atoms with van der Waals surface area (Å²) in [6.07, 6.45) is 7.02. The van der Waals surface area contributed by atoms with Crippen molar-refractivity contribution < 1.29 is 4.79 Å². The minimum Gasteiger partial charge on any atom is -0.397 e. The highest BCUT2D eigenvalue weighted by Gasteiger charge is 2.18. The Hall–Kier alpha value is -3.71. The minimum atomic E-state index is -0.212. The van der Waals surface area contributed by atoms with Crippen LogP contribution < -0.4 is 11.1 Å². The third-order valence-corrected chi connectivity index (χ3v) is 5.64. The third-order valence-electron chi connectivity index (χ3n) is 4.44. The van der Waals surface area contributed by atoms with Crippen LogP contribution in [0.2, 0.25) is 0 Å². The van der Waals surface area contributed by atoms with Crippen LogP contribution in [0.3, 0.4) is 0 Å². The van der Waals surface area contributed by atoms with Crippen molar-refractivity contribution in [2.45, 2.75) is 10.4 Å². The zero-order chi connectivity index (χ0) is 20.8. The molecule has 0 aliphatic carbocycles. The molecule has 0 aliphatic rings. The summed E-state index contributed by atoms with van der Waals surface area (Å²) in [5, 5.41) is 3.47. The minimum absolute atomic E-state index is 0.0528. The summed E-state index contributed by atoms with van der Waals surface area (Å²) in [5.74, 6) is -0.212. The van der Waals surface area contributed by atoms with Crippen molar-refractivity contribution in [2.24, 2.45) is 0 Å². The Balaban J connectivity index is 1.58. The molecule has 6 nitrogen and oxygen atoms in total. The number of anilines is 2.